The number of rotatable bonds is 3. The van der Waals surface area contributed by atoms with Crippen molar-refractivity contribution in [2.75, 3.05) is 6.54 Å². The summed E-state index contributed by atoms with van der Waals surface area (Å²) in [6.07, 6.45) is 8.27. The van der Waals surface area contributed by atoms with Gasteiger partial charge in [-0.1, -0.05) is 40.0 Å². The molecule has 20 heavy (non-hydrogen) atoms. The highest BCUT2D eigenvalue weighted by Gasteiger charge is 2.38. The first-order valence-corrected chi connectivity index (χ1v) is 8.44. The summed E-state index contributed by atoms with van der Waals surface area (Å²) in [5, 5.41) is 3.39. The molecule has 0 heterocycles. The maximum Gasteiger partial charge on any atom is 0.223 e. The van der Waals surface area contributed by atoms with E-state index >= 15 is 0 Å². The van der Waals surface area contributed by atoms with Gasteiger partial charge in [0.25, 0.3) is 0 Å². The molecule has 0 aromatic heterocycles. The molecule has 4 atom stereocenters. The zero-order chi connectivity index (χ0) is 14.8. The summed E-state index contributed by atoms with van der Waals surface area (Å²) < 4.78 is 0. The first kappa shape index (κ1) is 15.8. The summed E-state index contributed by atoms with van der Waals surface area (Å²) in [7, 11) is 0. The Bertz CT molecular complexity index is 334. The van der Waals surface area contributed by atoms with Crippen LogP contribution in [-0.4, -0.2) is 18.5 Å². The van der Waals surface area contributed by atoms with E-state index in [-0.39, 0.29) is 17.2 Å². The number of hydrogen-bond donors (Lipinski definition) is 2. The monoisotopic (exact) mass is 280 g/mol. The fourth-order valence-electron chi connectivity index (χ4n) is 4.29. The molecule has 0 bridgehead atoms. The third-order valence-electron chi connectivity index (χ3n) is 5.50. The average molecular weight is 280 g/mol. The molecule has 1 amide bonds. The molecule has 3 nitrogen and oxygen atoms in total. The second-order valence-corrected chi connectivity index (χ2v) is 7.91. The van der Waals surface area contributed by atoms with Gasteiger partial charge in [0.15, 0.2) is 0 Å². The summed E-state index contributed by atoms with van der Waals surface area (Å²) >= 11 is 0. The van der Waals surface area contributed by atoms with Crippen LogP contribution >= 0.6 is 0 Å². The summed E-state index contributed by atoms with van der Waals surface area (Å²) in [4.78, 5) is 12.6. The minimum absolute atomic E-state index is 0.169. The molecule has 2 saturated carbocycles. The van der Waals surface area contributed by atoms with Gasteiger partial charge in [0.1, 0.15) is 0 Å². The van der Waals surface area contributed by atoms with Crippen LogP contribution in [0.3, 0.4) is 0 Å². The van der Waals surface area contributed by atoms with Gasteiger partial charge >= 0.3 is 0 Å². The fraction of sp³-hybridized carbons (Fsp3) is 0.941. The zero-order valence-corrected chi connectivity index (χ0v) is 13.5. The van der Waals surface area contributed by atoms with Crippen LogP contribution in [-0.2, 0) is 4.79 Å². The zero-order valence-electron chi connectivity index (χ0n) is 13.5. The van der Waals surface area contributed by atoms with E-state index in [0.29, 0.717) is 24.4 Å². The smallest absolute Gasteiger partial charge is 0.223 e. The Morgan fingerprint density at radius 3 is 2.45 bits per heavy atom. The van der Waals surface area contributed by atoms with Gasteiger partial charge in [0.05, 0.1) is 0 Å². The van der Waals surface area contributed by atoms with E-state index in [1.54, 1.807) is 0 Å². The van der Waals surface area contributed by atoms with Crippen molar-refractivity contribution in [3.05, 3.63) is 0 Å². The van der Waals surface area contributed by atoms with Gasteiger partial charge in [-0.2, -0.15) is 0 Å². The molecule has 2 rings (SSSR count). The number of amides is 1. The van der Waals surface area contributed by atoms with E-state index in [4.69, 9.17) is 5.73 Å². The first-order chi connectivity index (χ1) is 9.43. The Morgan fingerprint density at radius 2 is 1.80 bits per heavy atom. The summed E-state index contributed by atoms with van der Waals surface area (Å²) in [5.41, 5.74) is 6.09. The Labute approximate surface area is 124 Å². The summed E-state index contributed by atoms with van der Waals surface area (Å²) in [6.45, 7) is 7.58. The average Bonchev–Trinajstić information content (AvgIpc) is 2.86. The predicted molar refractivity (Wildman–Crippen MR) is 83.2 cm³/mol. The number of hydrogen-bond acceptors (Lipinski definition) is 2. The largest absolute Gasteiger partial charge is 0.353 e. The number of carbonyl (C=O) groups excluding carboxylic acids is 1. The Kier molecular flexibility index (Phi) is 5.11. The first-order valence-electron chi connectivity index (χ1n) is 8.44. The molecule has 0 spiro atoms. The highest BCUT2D eigenvalue weighted by Crippen LogP contribution is 2.39. The molecule has 0 aliphatic heterocycles. The molecule has 2 aliphatic rings. The van der Waals surface area contributed by atoms with Gasteiger partial charge in [-0.3, -0.25) is 4.79 Å². The molecule has 2 fully saturated rings. The van der Waals surface area contributed by atoms with Crippen LogP contribution in [0.15, 0.2) is 0 Å². The topological polar surface area (TPSA) is 55.1 Å². The van der Waals surface area contributed by atoms with Crippen LogP contribution in [0.25, 0.3) is 0 Å². The molecule has 0 aromatic rings. The molecule has 2 unspecified atom stereocenters. The van der Waals surface area contributed by atoms with Crippen LogP contribution < -0.4 is 11.1 Å². The van der Waals surface area contributed by atoms with Crippen LogP contribution in [0.1, 0.15) is 65.7 Å². The minimum Gasteiger partial charge on any atom is -0.353 e. The van der Waals surface area contributed by atoms with E-state index in [0.717, 1.165) is 25.7 Å². The van der Waals surface area contributed by atoms with E-state index in [1.165, 1.54) is 19.3 Å². The predicted octanol–water partition coefficient (Wildman–Crippen LogP) is 3.08. The fourth-order valence-corrected chi connectivity index (χ4v) is 4.29. The van der Waals surface area contributed by atoms with Crippen molar-refractivity contribution in [2.45, 2.75) is 71.8 Å². The quantitative estimate of drug-likeness (QED) is 0.834. The lowest BCUT2D eigenvalue weighted by molar-refractivity contribution is -0.127. The highest BCUT2D eigenvalue weighted by atomic mass is 16.2. The second kappa shape index (κ2) is 6.46. The minimum atomic E-state index is 0.169. The molecule has 0 saturated heterocycles. The Balaban J connectivity index is 1.98. The Hall–Kier alpha value is -0.570. The lowest BCUT2D eigenvalue weighted by atomic mass is 9.69. The van der Waals surface area contributed by atoms with E-state index in [9.17, 15) is 4.79 Å². The molecule has 0 radical (unpaired) electrons. The van der Waals surface area contributed by atoms with Crippen molar-refractivity contribution in [1.82, 2.24) is 5.32 Å². The molecule has 116 valence electrons. The highest BCUT2D eigenvalue weighted by molar-refractivity contribution is 5.79. The van der Waals surface area contributed by atoms with Crippen LogP contribution in [0.5, 0.6) is 0 Å². The molecule has 0 aromatic carbocycles. The van der Waals surface area contributed by atoms with Gasteiger partial charge < -0.3 is 11.1 Å². The SMILES string of the molecule is CC(C)(C)C1CCCCC1NC(=O)[C@@H]1CCC[C@@H]1CN. The van der Waals surface area contributed by atoms with Crippen molar-refractivity contribution in [3.63, 3.8) is 0 Å². The maximum atomic E-state index is 12.6. The van der Waals surface area contributed by atoms with Crippen molar-refractivity contribution in [3.8, 4) is 0 Å². The van der Waals surface area contributed by atoms with Gasteiger partial charge in [-0.15, -0.1) is 0 Å². The van der Waals surface area contributed by atoms with E-state index < -0.39 is 0 Å². The summed E-state index contributed by atoms with van der Waals surface area (Å²) in [5.74, 6) is 1.46. The van der Waals surface area contributed by atoms with Crippen molar-refractivity contribution in [1.29, 1.82) is 0 Å². The Morgan fingerprint density at radius 1 is 1.10 bits per heavy atom. The van der Waals surface area contributed by atoms with Gasteiger partial charge in [-0.25, -0.2) is 0 Å². The van der Waals surface area contributed by atoms with Gasteiger partial charge in [-0.05, 0) is 49.5 Å². The van der Waals surface area contributed by atoms with Crippen molar-refractivity contribution < 1.29 is 4.79 Å². The lowest BCUT2D eigenvalue weighted by Gasteiger charge is -2.41. The van der Waals surface area contributed by atoms with Crippen LogP contribution in [0, 0.1) is 23.2 Å². The molecule has 2 aliphatic carbocycles. The third kappa shape index (κ3) is 3.55. The van der Waals surface area contributed by atoms with Crippen molar-refractivity contribution in [2.24, 2.45) is 28.9 Å². The molecular weight excluding hydrogens is 248 g/mol. The van der Waals surface area contributed by atoms with Crippen LogP contribution in [0.2, 0.25) is 0 Å². The van der Waals surface area contributed by atoms with Gasteiger partial charge in [0.2, 0.25) is 5.91 Å². The normalized spacial score (nSPS) is 35.0. The lowest BCUT2D eigenvalue weighted by Crippen LogP contribution is -2.49. The summed E-state index contributed by atoms with van der Waals surface area (Å²) in [6, 6.07) is 0.371. The molecular formula is C17H32N2O. The standard InChI is InChI=1S/C17H32N2O/c1-17(2,3)14-9-4-5-10-15(14)19-16(20)13-8-6-7-12(13)11-18/h12-15H,4-11,18H2,1-3H3,(H,19,20)/t12-,13-,14?,15?/m1/s1. The van der Waals surface area contributed by atoms with E-state index in [2.05, 4.69) is 26.1 Å². The molecule has 3 N–H and O–H groups in total. The number of nitrogens with two attached hydrogens (primary N) is 1. The third-order valence-corrected chi connectivity index (χ3v) is 5.50. The maximum absolute atomic E-state index is 12.6. The van der Waals surface area contributed by atoms with E-state index in [1.807, 2.05) is 0 Å². The van der Waals surface area contributed by atoms with Crippen molar-refractivity contribution >= 4 is 5.91 Å². The van der Waals surface area contributed by atoms with Gasteiger partial charge in [0, 0.05) is 12.0 Å². The molecule has 3 heteroatoms. The number of carbonyl (C=O) groups is 1. The van der Waals surface area contributed by atoms with Crippen LogP contribution in [0.4, 0.5) is 0 Å². The number of nitrogens with one attached hydrogen (secondary N) is 1. The second-order valence-electron chi connectivity index (χ2n) is 7.91.